The SMILES string of the molecule is Bc1ccc(OCCOPI)cn1. The van der Waals surface area contributed by atoms with E-state index in [-0.39, 0.29) is 0 Å². The maximum absolute atomic E-state index is 5.38. The molecule has 0 bridgehead atoms. The van der Waals surface area contributed by atoms with E-state index in [1.54, 1.807) is 6.20 Å². The minimum atomic E-state index is 0.498. The van der Waals surface area contributed by atoms with Crippen LogP contribution in [0.5, 0.6) is 5.75 Å². The minimum Gasteiger partial charge on any atom is -0.490 e. The van der Waals surface area contributed by atoms with Crippen molar-refractivity contribution in [2.75, 3.05) is 13.2 Å². The first-order valence-corrected chi connectivity index (χ1v) is 7.88. The summed E-state index contributed by atoms with van der Waals surface area (Å²) in [6.45, 7) is 1.72. The van der Waals surface area contributed by atoms with Crippen LogP contribution in [-0.4, -0.2) is 26.0 Å². The Labute approximate surface area is 93.4 Å². The van der Waals surface area contributed by atoms with Gasteiger partial charge in [-0.25, -0.2) is 0 Å². The van der Waals surface area contributed by atoms with E-state index in [1.807, 2.05) is 20.0 Å². The van der Waals surface area contributed by atoms with E-state index in [1.165, 1.54) is 0 Å². The van der Waals surface area contributed by atoms with E-state index >= 15 is 0 Å². The average molecular weight is 309 g/mol. The Morgan fingerprint density at radius 1 is 1.46 bits per heavy atom. The number of rotatable bonds is 5. The van der Waals surface area contributed by atoms with E-state index in [0.29, 0.717) is 19.7 Å². The topological polar surface area (TPSA) is 31.4 Å². The molecule has 0 spiro atoms. The molecule has 0 amide bonds. The van der Waals surface area contributed by atoms with E-state index in [9.17, 15) is 0 Å². The number of halogens is 1. The second-order valence-electron chi connectivity index (χ2n) is 2.41. The fourth-order valence-corrected chi connectivity index (χ4v) is 1.60. The van der Waals surface area contributed by atoms with Gasteiger partial charge in [0.05, 0.1) is 19.3 Å². The van der Waals surface area contributed by atoms with Crippen molar-refractivity contribution in [3.05, 3.63) is 18.3 Å². The Hall–Kier alpha value is 0.135. The van der Waals surface area contributed by atoms with Crippen molar-refractivity contribution in [3.8, 4) is 5.75 Å². The maximum Gasteiger partial charge on any atom is 0.163 e. The van der Waals surface area contributed by atoms with Crippen LogP contribution in [0.3, 0.4) is 0 Å². The van der Waals surface area contributed by atoms with Crippen LogP contribution in [0.4, 0.5) is 0 Å². The quantitative estimate of drug-likeness (QED) is 0.347. The molecule has 0 radical (unpaired) electrons. The highest BCUT2D eigenvalue weighted by atomic mass is 127. The second kappa shape index (κ2) is 6.57. The monoisotopic (exact) mass is 309 g/mol. The maximum atomic E-state index is 5.38. The molecule has 1 aromatic rings. The molecule has 0 saturated carbocycles. The molecule has 0 aliphatic rings. The molecular weight excluding hydrogens is 299 g/mol. The summed E-state index contributed by atoms with van der Waals surface area (Å²) in [7, 11) is 1.95. The van der Waals surface area contributed by atoms with Gasteiger partial charge in [0, 0.05) is 0 Å². The van der Waals surface area contributed by atoms with Gasteiger partial charge in [0.15, 0.2) is 7.85 Å². The van der Waals surface area contributed by atoms with Crippen LogP contribution in [0.15, 0.2) is 18.3 Å². The molecule has 0 aromatic carbocycles. The molecule has 0 saturated heterocycles. The molecule has 6 heteroatoms. The van der Waals surface area contributed by atoms with Gasteiger partial charge in [-0.2, -0.15) is 0 Å². The fraction of sp³-hybridized carbons (Fsp3) is 0.286. The van der Waals surface area contributed by atoms with E-state index in [2.05, 4.69) is 27.0 Å². The zero-order valence-electron chi connectivity index (χ0n) is 7.29. The molecule has 0 aliphatic carbocycles. The normalized spacial score (nSPS) is 10.8. The van der Waals surface area contributed by atoms with Crippen molar-refractivity contribution in [1.29, 1.82) is 0 Å². The summed E-state index contributed by atoms with van der Waals surface area (Å²) in [5.74, 6) is 0.797. The number of aromatic nitrogens is 1. The van der Waals surface area contributed by atoms with Crippen LogP contribution in [0.1, 0.15) is 0 Å². The summed E-state index contributed by atoms with van der Waals surface area (Å²) < 4.78 is 10.5. The van der Waals surface area contributed by atoms with Crippen molar-refractivity contribution in [3.63, 3.8) is 0 Å². The zero-order valence-corrected chi connectivity index (χ0v) is 10.4. The first-order chi connectivity index (χ1) is 6.33. The predicted molar refractivity (Wildman–Crippen MR) is 66.2 cm³/mol. The first kappa shape index (κ1) is 11.2. The van der Waals surface area contributed by atoms with Gasteiger partial charge < -0.3 is 9.26 Å². The van der Waals surface area contributed by atoms with Gasteiger partial charge in [-0.05, 0) is 39.8 Å². The smallest absolute Gasteiger partial charge is 0.163 e. The summed E-state index contributed by atoms with van der Waals surface area (Å²) in [4.78, 5) is 4.11. The largest absolute Gasteiger partial charge is 0.490 e. The van der Waals surface area contributed by atoms with Crippen LogP contribution in [0.25, 0.3) is 0 Å². The van der Waals surface area contributed by atoms with Gasteiger partial charge in [-0.3, -0.25) is 4.98 Å². The average Bonchev–Trinajstić information content (AvgIpc) is 2.15. The molecule has 1 heterocycles. The van der Waals surface area contributed by atoms with Crippen LogP contribution >= 0.6 is 28.5 Å². The van der Waals surface area contributed by atoms with Gasteiger partial charge in [-0.1, -0.05) is 0 Å². The summed E-state index contributed by atoms with van der Waals surface area (Å²) in [6, 6.07) is 3.84. The van der Waals surface area contributed by atoms with Crippen molar-refractivity contribution < 1.29 is 9.26 Å². The van der Waals surface area contributed by atoms with Crippen molar-refractivity contribution in [2.24, 2.45) is 0 Å². The predicted octanol–water partition coefficient (Wildman–Crippen LogP) is 0.679. The Kier molecular flexibility index (Phi) is 5.66. The zero-order chi connectivity index (χ0) is 9.52. The molecule has 1 rings (SSSR count). The number of hydrogen-bond donors (Lipinski definition) is 0. The Morgan fingerprint density at radius 3 is 2.92 bits per heavy atom. The van der Waals surface area contributed by atoms with Crippen LogP contribution < -0.4 is 10.3 Å². The third-order valence-corrected chi connectivity index (χ3v) is 2.64. The van der Waals surface area contributed by atoms with Crippen LogP contribution in [-0.2, 0) is 4.52 Å². The fourth-order valence-electron chi connectivity index (χ4n) is 0.779. The number of nitrogens with zero attached hydrogens (tertiary/aromatic N) is 1. The standard InChI is InChI=1S/C7H10BINO2P/c8-7-2-1-6(5-10-7)11-3-4-12-13-9/h1-2,5,13H,3-4,8H2. The lowest BCUT2D eigenvalue weighted by molar-refractivity contribution is 0.237. The first-order valence-electron chi connectivity index (χ1n) is 3.86. The van der Waals surface area contributed by atoms with Crippen molar-refractivity contribution in [1.82, 2.24) is 4.98 Å². The summed E-state index contributed by atoms with van der Waals surface area (Å²) in [5, 5.41) is 0. The Bertz CT molecular complexity index is 247. The molecule has 1 atom stereocenters. The third-order valence-electron chi connectivity index (χ3n) is 1.39. The lowest BCUT2D eigenvalue weighted by Gasteiger charge is -2.04. The molecule has 0 fully saturated rings. The van der Waals surface area contributed by atoms with Crippen molar-refractivity contribution in [2.45, 2.75) is 0 Å². The second-order valence-corrected chi connectivity index (χ2v) is 4.17. The number of pyridine rings is 1. The van der Waals surface area contributed by atoms with E-state index in [4.69, 9.17) is 9.26 Å². The van der Waals surface area contributed by atoms with E-state index in [0.717, 1.165) is 11.3 Å². The van der Waals surface area contributed by atoms with Gasteiger partial charge in [0.25, 0.3) is 0 Å². The highest BCUT2D eigenvalue weighted by molar-refractivity contribution is 14.2. The lowest BCUT2D eigenvalue weighted by atomic mass is 10.0. The molecule has 1 aromatic heterocycles. The molecule has 0 aliphatic heterocycles. The van der Waals surface area contributed by atoms with E-state index < -0.39 is 0 Å². The number of ether oxygens (including phenoxy) is 1. The highest BCUT2D eigenvalue weighted by Crippen LogP contribution is 2.20. The number of hydrogen-bond acceptors (Lipinski definition) is 3. The van der Waals surface area contributed by atoms with Gasteiger partial charge >= 0.3 is 0 Å². The molecular formula is C7H10BINO2P. The third kappa shape index (κ3) is 4.79. The molecule has 0 N–H and O–H groups in total. The Balaban J connectivity index is 2.25. The minimum absolute atomic E-state index is 0.498. The Morgan fingerprint density at radius 2 is 2.31 bits per heavy atom. The molecule has 13 heavy (non-hydrogen) atoms. The molecule has 1 unspecified atom stereocenters. The molecule has 3 nitrogen and oxygen atoms in total. The van der Waals surface area contributed by atoms with Gasteiger partial charge in [-0.15, -0.1) is 0 Å². The lowest BCUT2D eigenvalue weighted by Crippen LogP contribution is -2.08. The highest BCUT2D eigenvalue weighted by Gasteiger charge is 1.93. The van der Waals surface area contributed by atoms with Gasteiger partial charge in [0.1, 0.15) is 12.4 Å². The summed E-state index contributed by atoms with van der Waals surface area (Å²) in [6.07, 6.45) is 1.72. The van der Waals surface area contributed by atoms with Gasteiger partial charge in [0.2, 0.25) is 0 Å². The molecule has 70 valence electrons. The van der Waals surface area contributed by atoms with Crippen LogP contribution in [0, 0.1) is 0 Å². The van der Waals surface area contributed by atoms with Crippen molar-refractivity contribution >= 4 is 41.9 Å². The van der Waals surface area contributed by atoms with Crippen LogP contribution in [0.2, 0.25) is 0 Å². The summed E-state index contributed by atoms with van der Waals surface area (Å²) in [5.41, 5.74) is 0.998. The summed E-state index contributed by atoms with van der Waals surface area (Å²) >= 11 is 2.18.